The van der Waals surface area contributed by atoms with Crippen LogP contribution in [0.15, 0.2) is 18.2 Å². The average molecular weight is 295 g/mol. The van der Waals surface area contributed by atoms with Crippen LogP contribution in [0.5, 0.6) is 0 Å². The highest BCUT2D eigenvalue weighted by Crippen LogP contribution is 2.34. The van der Waals surface area contributed by atoms with E-state index in [1.165, 1.54) is 24.1 Å². The molecule has 0 bridgehead atoms. The van der Waals surface area contributed by atoms with Gasteiger partial charge in [-0.2, -0.15) is 0 Å². The van der Waals surface area contributed by atoms with Crippen molar-refractivity contribution in [1.29, 1.82) is 0 Å². The minimum Gasteiger partial charge on any atom is -0.368 e. The molecule has 1 aromatic rings. The van der Waals surface area contributed by atoms with Gasteiger partial charge < -0.3 is 10.2 Å². The van der Waals surface area contributed by atoms with Gasteiger partial charge in [0, 0.05) is 35.9 Å². The molecule has 0 heterocycles. The Labute approximate surface area is 128 Å². The van der Waals surface area contributed by atoms with E-state index in [-0.39, 0.29) is 0 Å². The summed E-state index contributed by atoms with van der Waals surface area (Å²) in [6, 6.07) is 7.74. The Balaban J connectivity index is 2.09. The van der Waals surface area contributed by atoms with Crippen molar-refractivity contribution in [1.82, 2.24) is 5.32 Å². The van der Waals surface area contributed by atoms with Gasteiger partial charge in [-0.15, -0.1) is 0 Å². The van der Waals surface area contributed by atoms with Crippen LogP contribution < -0.4 is 10.2 Å². The molecule has 1 aliphatic rings. The molecule has 1 fully saturated rings. The van der Waals surface area contributed by atoms with E-state index in [1.54, 1.807) is 0 Å². The Morgan fingerprint density at radius 1 is 1.25 bits per heavy atom. The molecule has 1 saturated carbocycles. The van der Waals surface area contributed by atoms with Crippen LogP contribution in [0.2, 0.25) is 5.02 Å². The number of anilines is 1. The van der Waals surface area contributed by atoms with E-state index in [1.807, 2.05) is 0 Å². The minimum atomic E-state index is 0.481. The normalized spacial score (nSPS) is 15.2. The molecule has 0 spiro atoms. The van der Waals surface area contributed by atoms with E-state index in [9.17, 15) is 0 Å². The first kappa shape index (κ1) is 15.7. The minimum absolute atomic E-state index is 0.481. The van der Waals surface area contributed by atoms with Crippen LogP contribution >= 0.6 is 11.6 Å². The third-order valence-corrected chi connectivity index (χ3v) is 3.97. The van der Waals surface area contributed by atoms with Crippen LogP contribution in [0.3, 0.4) is 0 Å². The lowest BCUT2D eigenvalue weighted by molar-refractivity contribution is 0.588. The summed E-state index contributed by atoms with van der Waals surface area (Å²) in [7, 11) is 0. The predicted molar refractivity (Wildman–Crippen MR) is 88.6 cm³/mol. The fraction of sp³-hybridized carbons (Fsp3) is 0.647. The van der Waals surface area contributed by atoms with Crippen molar-refractivity contribution in [2.45, 2.75) is 59.2 Å². The lowest BCUT2D eigenvalue weighted by atomic mass is 10.1. The van der Waals surface area contributed by atoms with Gasteiger partial charge in [-0.05, 0) is 36.5 Å². The van der Waals surface area contributed by atoms with Gasteiger partial charge in [0.15, 0.2) is 0 Å². The number of halogens is 1. The van der Waals surface area contributed by atoms with Crippen molar-refractivity contribution >= 4 is 17.3 Å². The second-order valence-electron chi connectivity index (χ2n) is 6.59. The lowest BCUT2D eigenvalue weighted by Crippen LogP contribution is -2.29. The number of benzene rings is 1. The maximum atomic E-state index is 6.45. The van der Waals surface area contributed by atoms with Crippen LogP contribution in [0, 0.1) is 5.92 Å². The second kappa shape index (κ2) is 6.82. The van der Waals surface area contributed by atoms with Crippen molar-refractivity contribution in [2.75, 3.05) is 11.4 Å². The Morgan fingerprint density at radius 3 is 2.45 bits per heavy atom. The molecule has 0 aromatic heterocycles. The molecule has 0 atom stereocenters. The summed E-state index contributed by atoms with van der Waals surface area (Å²) in [5.74, 6) is 0.677. The molecule has 1 N–H and O–H groups in total. The summed E-state index contributed by atoms with van der Waals surface area (Å²) in [5, 5.41) is 4.30. The van der Waals surface area contributed by atoms with Crippen molar-refractivity contribution in [3.05, 3.63) is 28.8 Å². The molecule has 0 saturated heterocycles. The van der Waals surface area contributed by atoms with Gasteiger partial charge in [-0.1, -0.05) is 45.4 Å². The van der Waals surface area contributed by atoms with Gasteiger partial charge in [0.2, 0.25) is 0 Å². The van der Waals surface area contributed by atoms with E-state index in [2.05, 4.69) is 56.1 Å². The van der Waals surface area contributed by atoms with E-state index in [0.717, 1.165) is 24.2 Å². The summed E-state index contributed by atoms with van der Waals surface area (Å²) in [6.07, 6.45) is 2.64. The predicted octanol–water partition coefficient (Wildman–Crippen LogP) is 4.46. The average Bonchev–Trinajstić information content (AvgIpc) is 3.18. The molecular formula is C17H27ClN2. The molecule has 0 aliphatic heterocycles. The number of hydrogen-bond acceptors (Lipinski definition) is 2. The third-order valence-electron chi connectivity index (χ3n) is 3.62. The molecule has 0 radical (unpaired) electrons. The first-order chi connectivity index (χ1) is 9.47. The van der Waals surface area contributed by atoms with E-state index in [4.69, 9.17) is 11.6 Å². The fourth-order valence-electron chi connectivity index (χ4n) is 2.42. The monoisotopic (exact) mass is 294 g/mol. The first-order valence-corrected chi connectivity index (χ1v) is 8.13. The third kappa shape index (κ3) is 4.39. The topological polar surface area (TPSA) is 15.3 Å². The maximum absolute atomic E-state index is 6.45. The lowest BCUT2D eigenvalue weighted by Gasteiger charge is -2.27. The molecule has 20 heavy (non-hydrogen) atoms. The SMILES string of the molecule is CC(C)CN(c1ccc(CNC(C)C)c(Cl)c1)C1CC1. The molecule has 3 heteroatoms. The summed E-state index contributed by atoms with van der Waals surface area (Å²) >= 11 is 6.45. The van der Waals surface area contributed by atoms with Gasteiger partial charge in [0.05, 0.1) is 0 Å². The second-order valence-corrected chi connectivity index (χ2v) is 7.00. The molecule has 1 aromatic carbocycles. The van der Waals surface area contributed by atoms with Crippen molar-refractivity contribution in [2.24, 2.45) is 5.92 Å². The maximum Gasteiger partial charge on any atom is 0.0471 e. The Kier molecular flexibility index (Phi) is 5.34. The molecule has 112 valence electrons. The Hall–Kier alpha value is -0.730. The standard InChI is InChI=1S/C17H27ClN2/c1-12(2)11-20(15-7-8-15)16-6-5-14(17(18)9-16)10-19-13(3)4/h5-6,9,12-13,15,19H,7-8,10-11H2,1-4H3. The van der Waals surface area contributed by atoms with Crippen LogP contribution in [0.4, 0.5) is 5.69 Å². The van der Waals surface area contributed by atoms with Crippen molar-refractivity contribution in [3.63, 3.8) is 0 Å². The molecule has 1 aliphatic carbocycles. The molecule has 2 nitrogen and oxygen atoms in total. The highest BCUT2D eigenvalue weighted by Gasteiger charge is 2.29. The van der Waals surface area contributed by atoms with Gasteiger partial charge >= 0.3 is 0 Å². The zero-order valence-corrected chi connectivity index (χ0v) is 13.9. The molecule has 2 rings (SSSR count). The van der Waals surface area contributed by atoms with Gasteiger partial charge in [-0.25, -0.2) is 0 Å². The van der Waals surface area contributed by atoms with Crippen molar-refractivity contribution in [3.8, 4) is 0 Å². The first-order valence-electron chi connectivity index (χ1n) is 7.75. The van der Waals surface area contributed by atoms with E-state index in [0.29, 0.717) is 12.0 Å². The highest BCUT2D eigenvalue weighted by atomic mass is 35.5. The van der Waals surface area contributed by atoms with E-state index < -0.39 is 0 Å². The number of nitrogens with zero attached hydrogens (tertiary/aromatic N) is 1. The number of rotatable bonds is 7. The smallest absolute Gasteiger partial charge is 0.0471 e. The summed E-state index contributed by atoms with van der Waals surface area (Å²) in [6.45, 7) is 10.8. The molecular weight excluding hydrogens is 268 g/mol. The Morgan fingerprint density at radius 2 is 1.95 bits per heavy atom. The number of nitrogens with one attached hydrogen (secondary N) is 1. The quantitative estimate of drug-likeness (QED) is 0.798. The van der Waals surface area contributed by atoms with Crippen molar-refractivity contribution < 1.29 is 0 Å². The van der Waals surface area contributed by atoms with Crippen LogP contribution in [-0.4, -0.2) is 18.6 Å². The van der Waals surface area contributed by atoms with Gasteiger partial charge in [0.1, 0.15) is 0 Å². The zero-order valence-electron chi connectivity index (χ0n) is 13.1. The van der Waals surface area contributed by atoms with Crippen LogP contribution in [0.25, 0.3) is 0 Å². The fourth-order valence-corrected chi connectivity index (χ4v) is 2.66. The van der Waals surface area contributed by atoms with Crippen LogP contribution in [-0.2, 0) is 6.54 Å². The van der Waals surface area contributed by atoms with Gasteiger partial charge in [0.25, 0.3) is 0 Å². The van der Waals surface area contributed by atoms with Crippen LogP contribution in [0.1, 0.15) is 46.1 Å². The number of hydrogen-bond donors (Lipinski definition) is 1. The van der Waals surface area contributed by atoms with Gasteiger partial charge in [-0.3, -0.25) is 0 Å². The van der Waals surface area contributed by atoms with E-state index >= 15 is 0 Å². The summed E-state index contributed by atoms with van der Waals surface area (Å²) < 4.78 is 0. The molecule has 0 amide bonds. The Bertz CT molecular complexity index is 439. The molecule has 0 unspecified atom stereocenters. The largest absolute Gasteiger partial charge is 0.368 e. The highest BCUT2D eigenvalue weighted by molar-refractivity contribution is 6.31. The summed E-state index contributed by atoms with van der Waals surface area (Å²) in [5.41, 5.74) is 2.46. The zero-order chi connectivity index (χ0) is 14.7. The summed E-state index contributed by atoms with van der Waals surface area (Å²) in [4.78, 5) is 2.52.